The van der Waals surface area contributed by atoms with Gasteiger partial charge in [0.1, 0.15) is 5.00 Å². The van der Waals surface area contributed by atoms with Crippen LogP contribution in [0, 0.1) is 0 Å². The molecule has 0 aromatic carbocycles. The number of hydrogen-bond acceptors (Lipinski definition) is 7. The molecule has 2 rings (SSSR count). The van der Waals surface area contributed by atoms with Crippen molar-refractivity contribution in [1.82, 2.24) is 8.68 Å². The van der Waals surface area contributed by atoms with Gasteiger partial charge >= 0.3 is 0 Å². The van der Waals surface area contributed by atoms with Crippen LogP contribution in [0.5, 0.6) is 0 Å². The average Bonchev–Trinajstić information content (AvgIpc) is 2.66. The molecule has 0 radical (unpaired) electrons. The van der Waals surface area contributed by atoms with Crippen molar-refractivity contribution in [1.29, 1.82) is 0 Å². The molecule has 1 aliphatic heterocycles. The Hall–Kier alpha value is -0.900. The number of aromatic nitrogens is 1. The fourth-order valence-corrected chi connectivity index (χ4v) is 4.65. The molecule has 2 heterocycles. The molecular formula is C12H22N4O3S2. The van der Waals surface area contributed by atoms with Crippen molar-refractivity contribution in [2.75, 3.05) is 37.8 Å². The van der Waals surface area contributed by atoms with Crippen molar-refractivity contribution >= 4 is 32.4 Å². The highest BCUT2D eigenvalue weighted by Crippen LogP contribution is 2.37. The first kappa shape index (κ1) is 16.5. The molecule has 21 heavy (non-hydrogen) atoms. The van der Waals surface area contributed by atoms with E-state index in [1.807, 2.05) is 11.8 Å². The number of nitrogens with two attached hydrogens (primary N) is 1. The number of anilines is 2. The van der Waals surface area contributed by atoms with E-state index >= 15 is 0 Å². The number of hydrogen-bond donors (Lipinski definition) is 2. The molecule has 120 valence electrons. The van der Waals surface area contributed by atoms with Crippen LogP contribution in [0.2, 0.25) is 0 Å². The molecule has 0 aliphatic carbocycles. The molecule has 0 saturated carbocycles. The maximum atomic E-state index is 12.4. The molecule has 3 N–H and O–H groups in total. The number of nitrogens with zero attached hydrogens (tertiary/aromatic N) is 3. The molecule has 1 aliphatic rings. The Kier molecular flexibility index (Phi) is 4.48. The van der Waals surface area contributed by atoms with Gasteiger partial charge in [0.05, 0.1) is 5.60 Å². The summed E-state index contributed by atoms with van der Waals surface area (Å²) in [5.74, 6) is 0.0414. The maximum Gasteiger partial charge on any atom is 0.249 e. The van der Waals surface area contributed by atoms with Gasteiger partial charge in [-0.05, 0) is 37.7 Å². The van der Waals surface area contributed by atoms with E-state index in [1.54, 1.807) is 0 Å². The summed E-state index contributed by atoms with van der Waals surface area (Å²) >= 11 is 1.10. The summed E-state index contributed by atoms with van der Waals surface area (Å²) in [7, 11) is -0.682. The third-order valence-corrected chi connectivity index (χ3v) is 6.68. The summed E-state index contributed by atoms with van der Waals surface area (Å²) in [5, 5.41) is 10.7. The SMILES string of the molecule is CN(C)S(=O)(=O)c1c(N)nsc1N1CCCC(C)(O)CC1. The lowest BCUT2D eigenvalue weighted by molar-refractivity contribution is 0.0481. The van der Waals surface area contributed by atoms with Crippen LogP contribution in [0.25, 0.3) is 0 Å². The van der Waals surface area contributed by atoms with Crippen LogP contribution in [-0.4, -0.2) is 55.0 Å². The van der Waals surface area contributed by atoms with Gasteiger partial charge in [-0.25, -0.2) is 12.7 Å². The Morgan fingerprint density at radius 1 is 1.38 bits per heavy atom. The van der Waals surface area contributed by atoms with Crippen molar-refractivity contribution in [3.8, 4) is 0 Å². The van der Waals surface area contributed by atoms with Crippen molar-refractivity contribution < 1.29 is 13.5 Å². The van der Waals surface area contributed by atoms with Crippen LogP contribution < -0.4 is 10.6 Å². The molecular weight excluding hydrogens is 312 g/mol. The van der Waals surface area contributed by atoms with Gasteiger partial charge in [-0.15, -0.1) is 0 Å². The average molecular weight is 334 g/mol. The van der Waals surface area contributed by atoms with Crippen molar-refractivity contribution in [2.24, 2.45) is 0 Å². The van der Waals surface area contributed by atoms with E-state index in [-0.39, 0.29) is 10.7 Å². The topological polar surface area (TPSA) is 99.8 Å². The minimum absolute atomic E-state index is 0.0414. The van der Waals surface area contributed by atoms with Gasteiger partial charge in [0.25, 0.3) is 0 Å². The van der Waals surface area contributed by atoms with E-state index in [0.717, 1.165) is 22.3 Å². The molecule has 0 bridgehead atoms. The number of rotatable bonds is 3. The lowest BCUT2D eigenvalue weighted by Crippen LogP contribution is -2.30. The Morgan fingerprint density at radius 3 is 2.67 bits per heavy atom. The first-order valence-electron chi connectivity index (χ1n) is 6.80. The van der Waals surface area contributed by atoms with E-state index in [9.17, 15) is 13.5 Å². The lowest BCUT2D eigenvalue weighted by atomic mass is 9.98. The van der Waals surface area contributed by atoms with E-state index in [0.29, 0.717) is 30.9 Å². The number of nitrogen functional groups attached to an aromatic ring is 1. The Balaban J connectivity index is 2.38. The molecule has 1 saturated heterocycles. The molecule has 1 atom stereocenters. The first-order valence-corrected chi connectivity index (χ1v) is 9.01. The maximum absolute atomic E-state index is 12.4. The second-order valence-electron chi connectivity index (χ2n) is 5.83. The van der Waals surface area contributed by atoms with Crippen LogP contribution in [0.1, 0.15) is 26.2 Å². The second kappa shape index (κ2) is 5.71. The molecule has 1 fully saturated rings. The summed E-state index contributed by atoms with van der Waals surface area (Å²) in [5.41, 5.74) is 5.08. The normalized spacial score (nSPS) is 24.3. The molecule has 1 aromatic heterocycles. The van der Waals surface area contributed by atoms with Gasteiger partial charge in [0.15, 0.2) is 10.7 Å². The molecule has 0 amide bonds. The van der Waals surface area contributed by atoms with Crippen LogP contribution >= 0.6 is 11.5 Å². The Morgan fingerprint density at radius 2 is 2.05 bits per heavy atom. The van der Waals surface area contributed by atoms with Gasteiger partial charge in [0.2, 0.25) is 10.0 Å². The lowest BCUT2D eigenvalue weighted by Gasteiger charge is -2.24. The third kappa shape index (κ3) is 3.31. The molecule has 9 heteroatoms. The predicted molar refractivity (Wildman–Crippen MR) is 84.1 cm³/mol. The van der Waals surface area contributed by atoms with Gasteiger partial charge in [-0.3, -0.25) is 0 Å². The van der Waals surface area contributed by atoms with Crippen LogP contribution in [0.15, 0.2) is 4.90 Å². The minimum Gasteiger partial charge on any atom is -0.390 e. The van der Waals surface area contributed by atoms with Gasteiger partial charge in [0, 0.05) is 27.2 Å². The zero-order valence-electron chi connectivity index (χ0n) is 12.5. The van der Waals surface area contributed by atoms with E-state index < -0.39 is 15.6 Å². The zero-order chi connectivity index (χ0) is 15.8. The highest BCUT2D eigenvalue weighted by Gasteiger charge is 2.32. The van der Waals surface area contributed by atoms with Gasteiger partial charge in [-0.2, -0.15) is 4.37 Å². The summed E-state index contributed by atoms with van der Waals surface area (Å²) in [6.07, 6.45) is 2.09. The molecule has 7 nitrogen and oxygen atoms in total. The molecule has 1 aromatic rings. The third-order valence-electron chi connectivity index (χ3n) is 3.75. The van der Waals surface area contributed by atoms with E-state index in [4.69, 9.17) is 5.73 Å². The highest BCUT2D eigenvalue weighted by molar-refractivity contribution is 7.89. The largest absolute Gasteiger partial charge is 0.390 e. The monoisotopic (exact) mass is 334 g/mol. The van der Waals surface area contributed by atoms with Crippen molar-refractivity contribution in [2.45, 2.75) is 36.7 Å². The van der Waals surface area contributed by atoms with E-state index in [1.165, 1.54) is 14.1 Å². The summed E-state index contributed by atoms with van der Waals surface area (Å²) in [4.78, 5) is 2.05. The summed E-state index contributed by atoms with van der Waals surface area (Å²) in [6, 6.07) is 0. The molecule has 1 unspecified atom stereocenters. The Bertz CT molecular complexity index is 610. The summed E-state index contributed by atoms with van der Waals surface area (Å²) in [6.45, 7) is 3.09. The summed E-state index contributed by atoms with van der Waals surface area (Å²) < 4.78 is 30.0. The van der Waals surface area contributed by atoms with Crippen LogP contribution in [0.3, 0.4) is 0 Å². The zero-order valence-corrected chi connectivity index (χ0v) is 14.2. The highest BCUT2D eigenvalue weighted by atomic mass is 32.2. The van der Waals surface area contributed by atoms with Gasteiger partial charge in [-0.1, -0.05) is 0 Å². The number of aliphatic hydroxyl groups is 1. The van der Waals surface area contributed by atoms with Crippen LogP contribution in [-0.2, 0) is 10.0 Å². The number of sulfonamides is 1. The smallest absolute Gasteiger partial charge is 0.249 e. The van der Waals surface area contributed by atoms with Crippen molar-refractivity contribution in [3.63, 3.8) is 0 Å². The standard InChI is InChI=1S/C12H22N4O3S2/c1-12(17)5-4-7-16(8-6-12)11-9(10(13)14-20-11)21(18,19)15(2)3/h17H,4-8H2,1-3H3,(H2,13,14). The van der Waals surface area contributed by atoms with Gasteiger partial charge < -0.3 is 15.7 Å². The fraction of sp³-hybridized carbons (Fsp3) is 0.750. The predicted octanol–water partition coefficient (Wildman–Crippen LogP) is 0.717. The second-order valence-corrected chi connectivity index (χ2v) is 8.67. The Labute approximate surface area is 129 Å². The fourth-order valence-electron chi connectivity index (χ4n) is 2.38. The van der Waals surface area contributed by atoms with Crippen molar-refractivity contribution in [3.05, 3.63) is 0 Å². The van der Waals surface area contributed by atoms with E-state index in [2.05, 4.69) is 4.37 Å². The first-order chi connectivity index (χ1) is 9.65. The molecule has 0 spiro atoms. The quantitative estimate of drug-likeness (QED) is 0.845. The van der Waals surface area contributed by atoms with Crippen LogP contribution in [0.4, 0.5) is 10.8 Å². The minimum atomic E-state index is -3.63.